The first-order chi connectivity index (χ1) is 10.1. The highest BCUT2D eigenvalue weighted by Crippen LogP contribution is 2.43. The Morgan fingerprint density at radius 1 is 1.23 bits per heavy atom. The lowest BCUT2D eigenvalue weighted by molar-refractivity contribution is -0.144. The van der Waals surface area contributed by atoms with Crippen LogP contribution in [0.5, 0.6) is 0 Å². The minimum atomic E-state index is -1.33. The van der Waals surface area contributed by atoms with Crippen molar-refractivity contribution in [3.05, 3.63) is 24.3 Å². The Labute approximate surface area is 131 Å². The monoisotopic (exact) mass is 310 g/mol. The van der Waals surface area contributed by atoms with Crippen LogP contribution in [0.15, 0.2) is 24.3 Å². The first kappa shape index (κ1) is 17.2. The summed E-state index contributed by atoms with van der Waals surface area (Å²) in [5.41, 5.74) is -1.93. The fourth-order valence-electron chi connectivity index (χ4n) is 2.64. The Balaban J connectivity index is 2.19. The van der Waals surface area contributed by atoms with Crippen molar-refractivity contribution >= 4 is 5.97 Å². The molecule has 1 saturated heterocycles. The van der Waals surface area contributed by atoms with E-state index < -0.39 is 23.3 Å². The maximum atomic E-state index is 11.8. The molecule has 0 radical (unpaired) electrons. The molecule has 0 aromatic heterocycles. The number of ether oxygens (including phenoxy) is 2. The molecule has 0 spiro atoms. The number of fused-ring (bicyclic) bond motifs is 1. The van der Waals surface area contributed by atoms with Gasteiger partial charge in [-0.25, -0.2) is 4.79 Å². The van der Waals surface area contributed by atoms with E-state index in [1.165, 1.54) is 31.2 Å². The van der Waals surface area contributed by atoms with Crippen molar-refractivity contribution in [1.82, 2.24) is 0 Å². The Kier molecular flexibility index (Phi) is 4.80. The predicted molar refractivity (Wildman–Crippen MR) is 82.1 cm³/mol. The van der Waals surface area contributed by atoms with Crippen LogP contribution in [0.1, 0.15) is 40.5 Å². The Morgan fingerprint density at radius 2 is 1.91 bits per heavy atom. The first-order valence-electron chi connectivity index (χ1n) is 7.81. The summed E-state index contributed by atoms with van der Waals surface area (Å²) in [6.07, 6.45) is 6.20. The summed E-state index contributed by atoms with van der Waals surface area (Å²) in [6, 6.07) is 0. The summed E-state index contributed by atoms with van der Waals surface area (Å²) >= 11 is 0. The summed E-state index contributed by atoms with van der Waals surface area (Å²) in [5, 5.41) is 20.4. The van der Waals surface area contributed by atoms with Crippen molar-refractivity contribution in [2.24, 2.45) is 5.92 Å². The SMILES string of the molecule is C[C@H]1CCC2OC2(C)[C@@H](O)/C=C/[C@@](C)(O)/C=C/C(=O)O[C@@H]1C. The van der Waals surface area contributed by atoms with Crippen molar-refractivity contribution in [2.45, 2.75) is 70.1 Å². The van der Waals surface area contributed by atoms with E-state index in [0.29, 0.717) is 0 Å². The molecular weight excluding hydrogens is 284 g/mol. The van der Waals surface area contributed by atoms with Gasteiger partial charge in [0, 0.05) is 6.08 Å². The molecule has 2 heterocycles. The van der Waals surface area contributed by atoms with E-state index >= 15 is 0 Å². The molecule has 0 aliphatic carbocycles. The van der Waals surface area contributed by atoms with Crippen LogP contribution < -0.4 is 0 Å². The molecule has 5 heteroatoms. The van der Waals surface area contributed by atoms with Crippen molar-refractivity contribution < 1.29 is 24.5 Å². The number of carbonyl (C=O) groups is 1. The molecule has 0 aromatic carbocycles. The van der Waals surface area contributed by atoms with E-state index in [9.17, 15) is 15.0 Å². The molecule has 2 rings (SSSR count). The topological polar surface area (TPSA) is 79.3 Å². The number of esters is 1. The van der Waals surface area contributed by atoms with Gasteiger partial charge in [-0.3, -0.25) is 0 Å². The zero-order valence-electron chi connectivity index (χ0n) is 13.7. The third-order valence-electron chi connectivity index (χ3n) is 4.73. The van der Waals surface area contributed by atoms with Gasteiger partial charge in [-0.15, -0.1) is 0 Å². The molecule has 2 unspecified atom stereocenters. The smallest absolute Gasteiger partial charge is 0.330 e. The summed E-state index contributed by atoms with van der Waals surface area (Å²) < 4.78 is 11.0. The number of hydrogen-bond acceptors (Lipinski definition) is 5. The van der Waals surface area contributed by atoms with E-state index in [1.54, 1.807) is 0 Å². The number of rotatable bonds is 0. The number of carbonyl (C=O) groups excluding carboxylic acids is 1. The average Bonchev–Trinajstić information content (AvgIpc) is 3.11. The first-order valence-corrected chi connectivity index (χ1v) is 7.81. The van der Waals surface area contributed by atoms with Gasteiger partial charge in [0.2, 0.25) is 0 Å². The summed E-state index contributed by atoms with van der Waals surface area (Å²) in [7, 11) is 0. The lowest BCUT2D eigenvalue weighted by Crippen LogP contribution is -2.29. The van der Waals surface area contributed by atoms with Gasteiger partial charge in [0.15, 0.2) is 0 Å². The van der Waals surface area contributed by atoms with Crippen molar-refractivity contribution in [2.75, 3.05) is 0 Å². The van der Waals surface area contributed by atoms with Gasteiger partial charge in [0.1, 0.15) is 17.8 Å². The molecule has 124 valence electrons. The third kappa shape index (κ3) is 3.97. The van der Waals surface area contributed by atoms with E-state index in [0.717, 1.165) is 12.8 Å². The number of aliphatic hydroxyl groups excluding tert-OH is 1. The minimum Gasteiger partial charge on any atom is -0.459 e. The molecule has 5 nitrogen and oxygen atoms in total. The molecule has 22 heavy (non-hydrogen) atoms. The Hall–Kier alpha value is -1.17. The number of aliphatic hydroxyl groups is 2. The number of cyclic esters (lactones) is 1. The Bertz CT molecular complexity index is 481. The lowest BCUT2D eigenvalue weighted by atomic mass is 9.92. The molecule has 0 saturated carbocycles. The standard InChI is InChI=1S/C17H26O5/c1-11-5-6-14-17(4,22-14)13(18)7-9-16(3,20)10-8-15(19)21-12(11)2/h7-14,18,20H,5-6H2,1-4H3/b9-7+,10-8+/t11-,12+,13-,14?,16+,17?/m0/s1. The second kappa shape index (κ2) is 6.14. The van der Waals surface area contributed by atoms with Gasteiger partial charge in [-0.1, -0.05) is 19.1 Å². The third-order valence-corrected chi connectivity index (χ3v) is 4.73. The second-order valence-corrected chi connectivity index (χ2v) is 6.85. The van der Waals surface area contributed by atoms with Crippen LogP contribution in [0.25, 0.3) is 0 Å². The van der Waals surface area contributed by atoms with Crippen LogP contribution in [0, 0.1) is 5.92 Å². The highest BCUT2D eigenvalue weighted by Gasteiger charge is 2.56. The van der Waals surface area contributed by atoms with Gasteiger partial charge < -0.3 is 19.7 Å². The van der Waals surface area contributed by atoms with Crippen LogP contribution >= 0.6 is 0 Å². The maximum absolute atomic E-state index is 11.8. The van der Waals surface area contributed by atoms with E-state index in [1.807, 2.05) is 20.8 Å². The molecule has 6 atom stereocenters. The minimum absolute atomic E-state index is 0.0130. The maximum Gasteiger partial charge on any atom is 0.330 e. The normalized spacial score (nSPS) is 49.5. The van der Waals surface area contributed by atoms with Gasteiger partial charge in [0.05, 0.1) is 11.7 Å². The lowest BCUT2D eigenvalue weighted by Gasteiger charge is -2.21. The number of epoxide rings is 1. The molecule has 1 fully saturated rings. The van der Waals surface area contributed by atoms with Gasteiger partial charge in [-0.2, -0.15) is 0 Å². The van der Waals surface area contributed by atoms with Crippen molar-refractivity contribution in [3.63, 3.8) is 0 Å². The Morgan fingerprint density at radius 3 is 2.59 bits per heavy atom. The molecule has 0 aromatic rings. The molecule has 0 amide bonds. The molecular formula is C17H26O5. The van der Waals surface area contributed by atoms with Crippen molar-refractivity contribution in [1.29, 1.82) is 0 Å². The highest BCUT2D eigenvalue weighted by molar-refractivity contribution is 5.82. The molecule has 2 aliphatic heterocycles. The molecule has 0 bridgehead atoms. The highest BCUT2D eigenvalue weighted by atomic mass is 16.6. The summed E-state index contributed by atoms with van der Waals surface area (Å²) in [6.45, 7) is 7.30. The zero-order chi connectivity index (χ0) is 16.5. The van der Waals surface area contributed by atoms with Gasteiger partial charge in [0.25, 0.3) is 0 Å². The van der Waals surface area contributed by atoms with Crippen LogP contribution in [0.4, 0.5) is 0 Å². The van der Waals surface area contributed by atoms with E-state index in [-0.39, 0.29) is 18.1 Å². The fourth-order valence-corrected chi connectivity index (χ4v) is 2.64. The zero-order valence-corrected chi connectivity index (χ0v) is 13.7. The summed E-state index contributed by atoms with van der Waals surface area (Å²) in [5.74, 6) is -0.278. The van der Waals surface area contributed by atoms with Crippen LogP contribution in [-0.4, -0.2) is 45.7 Å². The van der Waals surface area contributed by atoms with Crippen LogP contribution in [0.2, 0.25) is 0 Å². The average molecular weight is 310 g/mol. The second-order valence-electron chi connectivity index (χ2n) is 6.85. The van der Waals surface area contributed by atoms with Crippen LogP contribution in [-0.2, 0) is 14.3 Å². The largest absolute Gasteiger partial charge is 0.459 e. The summed E-state index contributed by atoms with van der Waals surface area (Å²) in [4.78, 5) is 11.8. The van der Waals surface area contributed by atoms with Gasteiger partial charge in [-0.05, 0) is 45.6 Å². The molecule has 2 N–H and O–H groups in total. The van der Waals surface area contributed by atoms with E-state index in [4.69, 9.17) is 9.47 Å². The van der Waals surface area contributed by atoms with E-state index in [2.05, 4.69) is 0 Å². The van der Waals surface area contributed by atoms with Crippen molar-refractivity contribution in [3.8, 4) is 0 Å². The van der Waals surface area contributed by atoms with Crippen LogP contribution in [0.3, 0.4) is 0 Å². The predicted octanol–water partition coefficient (Wildman–Crippen LogP) is 1.73. The fraction of sp³-hybridized carbons (Fsp3) is 0.706. The number of hydrogen-bond donors (Lipinski definition) is 2. The molecule has 2 aliphatic rings. The quantitative estimate of drug-likeness (QED) is 0.405. The van der Waals surface area contributed by atoms with Gasteiger partial charge >= 0.3 is 5.97 Å².